The van der Waals surface area contributed by atoms with Gasteiger partial charge in [0.05, 0.1) is 27.3 Å². The van der Waals surface area contributed by atoms with E-state index in [1.165, 1.54) is 10.5 Å². The zero-order valence-electron chi connectivity index (χ0n) is 16.1. The highest BCUT2D eigenvalue weighted by Gasteiger charge is 2.27. The molecule has 1 aliphatic heterocycles. The molecule has 0 spiro atoms. The maximum absolute atomic E-state index is 12.2. The first kappa shape index (κ1) is 19.6. The smallest absolute Gasteiger partial charge is 0.223 e. The lowest BCUT2D eigenvalue weighted by molar-refractivity contribution is -0.919. The van der Waals surface area contributed by atoms with Crippen molar-refractivity contribution in [3.05, 3.63) is 23.8 Å². The van der Waals surface area contributed by atoms with Gasteiger partial charge in [-0.3, -0.25) is 4.79 Å². The third kappa shape index (κ3) is 5.92. The topological polar surface area (TPSA) is 52.0 Å². The van der Waals surface area contributed by atoms with Crippen molar-refractivity contribution in [2.24, 2.45) is 11.8 Å². The standard InChI is InChI=1S/C20H32N2O3/c1-15(2)7-10-21-20(23)17-8-11-22(12-9-17)14-16-5-6-18(24-3)19(13-16)25-4/h5-6,13,15,17H,7-12,14H2,1-4H3,(H,21,23)/p+1. The number of hydrogen-bond donors (Lipinski definition) is 2. The van der Waals surface area contributed by atoms with Crippen LogP contribution in [-0.2, 0) is 11.3 Å². The van der Waals surface area contributed by atoms with Crippen molar-refractivity contribution < 1.29 is 19.2 Å². The van der Waals surface area contributed by atoms with Crippen molar-refractivity contribution in [1.29, 1.82) is 0 Å². The third-order valence-corrected chi connectivity index (χ3v) is 4.99. The highest BCUT2D eigenvalue weighted by molar-refractivity contribution is 5.78. The summed E-state index contributed by atoms with van der Waals surface area (Å²) in [6.07, 6.45) is 2.99. The average molecular weight is 349 g/mol. The number of benzene rings is 1. The Labute approximate surface area is 151 Å². The van der Waals surface area contributed by atoms with Crippen LogP contribution in [0, 0.1) is 11.8 Å². The molecule has 1 amide bonds. The molecule has 1 saturated heterocycles. The lowest BCUT2D eigenvalue weighted by Gasteiger charge is -2.29. The lowest BCUT2D eigenvalue weighted by atomic mass is 9.95. The first-order valence-electron chi connectivity index (χ1n) is 9.35. The minimum atomic E-state index is 0.182. The zero-order valence-corrected chi connectivity index (χ0v) is 16.1. The average Bonchev–Trinajstić information content (AvgIpc) is 2.61. The van der Waals surface area contributed by atoms with Gasteiger partial charge in [-0.25, -0.2) is 0 Å². The summed E-state index contributed by atoms with van der Waals surface area (Å²) in [6.45, 7) is 8.20. The molecule has 5 heteroatoms. The number of nitrogens with one attached hydrogen (secondary N) is 2. The molecule has 1 heterocycles. The number of methoxy groups -OCH3 is 2. The summed E-state index contributed by atoms with van der Waals surface area (Å²) in [7, 11) is 3.32. The van der Waals surface area contributed by atoms with Crippen LogP contribution in [0.5, 0.6) is 11.5 Å². The van der Waals surface area contributed by atoms with Crippen LogP contribution >= 0.6 is 0 Å². The largest absolute Gasteiger partial charge is 0.493 e. The van der Waals surface area contributed by atoms with E-state index in [-0.39, 0.29) is 11.8 Å². The van der Waals surface area contributed by atoms with Gasteiger partial charge >= 0.3 is 0 Å². The molecule has 0 bridgehead atoms. The molecular formula is C20H33N2O3+. The Morgan fingerprint density at radius 3 is 2.48 bits per heavy atom. The Kier molecular flexibility index (Phi) is 7.56. The minimum absolute atomic E-state index is 0.182. The van der Waals surface area contributed by atoms with E-state index in [2.05, 4.69) is 31.3 Å². The number of amides is 1. The first-order valence-corrected chi connectivity index (χ1v) is 9.35. The number of piperidine rings is 1. The fraction of sp³-hybridized carbons (Fsp3) is 0.650. The molecule has 1 fully saturated rings. The summed E-state index contributed by atoms with van der Waals surface area (Å²) in [5.41, 5.74) is 1.24. The molecule has 1 aliphatic rings. The van der Waals surface area contributed by atoms with Gasteiger partial charge in [0.25, 0.3) is 0 Å². The van der Waals surface area contributed by atoms with Gasteiger partial charge in [-0.05, 0) is 30.5 Å². The van der Waals surface area contributed by atoms with E-state index < -0.39 is 0 Å². The number of hydrogen-bond acceptors (Lipinski definition) is 3. The predicted molar refractivity (Wildman–Crippen MR) is 99.1 cm³/mol. The number of likely N-dealkylation sites (tertiary alicyclic amines) is 1. The monoisotopic (exact) mass is 349 g/mol. The van der Waals surface area contributed by atoms with Gasteiger partial charge in [-0.2, -0.15) is 0 Å². The second kappa shape index (κ2) is 9.66. The third-order valence-electron chi connectivity index (χ3n) is 4.99. The van der Waals surface area contributed by atoms with Gasteiger partial charge in [0.1, 0.15) is 6.54 Å². The highest BCUT2D eigenvalue weighted by atomic mass is 16.5. The van der Waals surface area contributed by atoms with Crippen LogP contribution in [0.3, 0.4) is 0 Å². The molecule has 2 rings (SSSR count). The molecule has 0 atom stereocenters. The van der Waals surface area contributed by atoms with Gasteiger partial charge in [0, 0.05) is 30.9 Å². The summed E-state index contributed by atoms with van der Waals surface area (Å²) < 4.78 is 10.7. The summed E-state index contributed by atoms with van der Waals surface area (Å²) in [4.78, 5) is 13.8. The van der Waals surface area contributed by atoms with Gasteiger partial charge < -0.3 is 19.7 Å². The quantitative estimate of drug-likeness (QED) is 0.750. The molecule has 1 aromatic rings. The van der Waals surface area contributed by atoms with Crippen LogP contribution in [0.1, 0.15) is 38.7 Å². The SMILES string of the molecule is COc1ccc(C[NH+]2CCC(C(=O)NCCC(C)C)CC2)cc1OC. The molecule has 0 radical (unpaired) electrons. The molecule has 25 heavy (non-hydrogen) atoms. The molecule has 5 nitrogen and oxygen atoms in total. The zero-order chi connectivity index (χ0) is 18.2. The second-order valence-electron chi connectivity index (χ2n) is 7.36. The Morgan fingerprint density at radius 2 is 1.88 bits per heavy atom. The summed E-state index contributed by atoms with van der Waals surface area (Å²) in [5, 5.41) is 3.10. The van der Waals surface area contributed by atoms with E-state index in [0.717, 1.165) is 56.9 Å². The Balaban J connectivity index is 1.79. The van der Waals surface area contributed by atoms with E-state index in [9.17, 15) is 4.79 Å². The van der Waals surface area contributed by atoms with E-state index in [1.54, 1.807) is 14.2 Å². The lowest BCUT2D eigenvalue weighted by Crippen LogP contribution is -3.11. The van der Waals surface area contributed by atoms with Crippen molar-refractivity contribution in [2.75, 3.05) is 33.9 Å². The molecule has 140 valence electrons. The molecule has 1 aromatic carbocycles. The highest BCUT2D eigenvalue weighted by Crippen LogP contribution is 2.27. The number of rotatable bonds is 8. The van der Waals surface area contributed by atoms with E-state index in [1.807, 2.05) is 6.07 Å². The Morgan fingerprint density at radius 1 is 1.20 bits per heavy atom. The maximum Gasteiger partial charge on any atom is 0.223 e. The molecular weight excluding hydrogens is 316 g/mol. The van der Waals surface area contributed by atoms with Crippen LogP contribution in [-0.4, -0.2) is 39.8 Å². The fourth-order valence-electron chi connectivity index (χ4n) is 3.37. The Hall–Kier alpha value is -1.75. The van der Waals surface area contributed by atoms with Crippen molar-refractivity contribution in [3.63, 3.8) is 0 Å². The van der Waals surface area contributed by atoms with Gasteiger partial charge in [-0.1, -0.05) is 13.8 Å². The first-order chi connectivity index (χ1) is 12.0. The second-order valence-corrected chi connectivity index (χ2v) is 7.36. The van der Waals surface area contributed by atoms with Gasteiger partial charge in [0.15, 0.2) is 11.5 Å². The fourth-order valence-corrected chi connectivity index (χ4v) is 3.37. The minimum Gasteiger partial charge on any atom is -0.493 e. The number of carbonyl (C=O) groups excluding carboxylic acids is 1. The number of ether oxygens (including phenoxy) is 2. The van der Waals surface area contributed by atoms with E-state index in [0.29, 0.717) is 5.92 Å². The van der Waals surface area contributed by atoms with Gasteiger partial charge in [0.2, 0.25) is 5.91 Å². The molecule has 2 N–H and O–H groups in total. The summed E-state index contributed by atoms with van der Waals surface area (Å²) >= 11 is 0. The van der Waals surface area contributed by atoms with Crippen molar-refractivity contribution in [2.45, 2.75) is 39.7 Å². The molecule has 0 aliphatic carbocycles. The van der Waals surface area contributed by atoms with Crippen molar-refractivity contribution >= 4 is 5.91 Å². The Bertz CT molecular complexity index is 552. The van der Waals surface area contributed by atoms with Crippen LogP contribution in [0.2, 0.25) is 0 Å². The summed E-state index contributed by atoms with van der Waals surface area (Å²) in [6, 6.07) is 6.11. The number of quaternary nitrogens is 1. The van der Waals surface area contributed by atoms with E-state index in [4.69, 9.17) is 9.47 Å². The molecule has 0 aromatic heterocycles. The maximum atomic E-state index is 12.2. The molecule has 0 unspecified atom stereocenters. The predicted octanol–water partition coefficient (Wildman–Crippen LogP) is 1.66. The van der Waals surface area contributed by atoms with Crippen LogP contribution in [0.4, 0.5) is 0 Å². The van der Waals surface area contributed by atoms with Crippen LogP contribution < -0.4 is 19.7 Å². The number of carbonyl (C=O) groups is 1. The van der Waals surface area contributed by atoms with Crippen LogP contribution in [0.25, 0.3) is 0 Å². The van der Waals surface area contributed by atoms with Gasteiger partial charge in [-0.15, -0.1) is 0 Å². The normalized spacial score (nSPS) is 20.4. The van der Waals surface area contributed by atoms with Crippen molar-refractivity contribution in [1.82, 2.24) is 5.32 Å². The molecule has 0 saturated carbocycles. The van der Waals surface area contributed by atoms with Crippen LogP contribution in [0.15, 0.2) is 18.2 Å². The van der Waals surface area contributed by atoms with E-state index >= 15 is 0 Å². The van der Waals surface area contributed by atoms with Crippen molar-refractivity contribution in [3.8, 4) is 11.5 Å². The summed E-state index contributed by atoms with van der Waals surface area (Å²) in [5.74, 6) is 2.59.